The van der Waals surface area contributed by atoms with Crippen LogP contribution in [-0.2, 0) is 0 Å². The van der Waals surface area contributed by atoms with Crippen molar-refractivity contribution < 1.29 is 10.0 Å². The average Bonchev–Trinajstić information content (AvgIpc) is 2.89. The zero-order valence-electron chi connectivity index (χ0n) is 9.91. The predicted octanol–water partition coefficient (Wildman–Crippen LogP) is 1.72. The van der Waals surface area contributed by atoms with Crippen molar-refractivity contribution in [1.29, 1.82) is 0 Å². The van der Waals surface area contributed by atoms with Gasteiger partial charge in [0.15, 0.2) is 0 Å². The monoisotopic (exact) mass is 268 g/mol. The van der Waals surface area contributed by atoms with E-state index in [9.17, 15) is 15.2 Å². The lowest BCUT2D eigenvalue weighted by Gasteiger charge is -2.15. The molecule has 0 amide bonds. The number of thioether (sulfide) groups is 1. The van der Waals surface area contributed by atoms with Crippen molar-refractivity contribution in [2.45, 2.75) is 18.6 Å². The maximum atomic E-state index is 10.5. The lowest BCUT2D eigenvalue weighted by molar-refractivity contribution is -0.384. The second-order valence-corrected chi connectivity index (χ2v) is 5.48. The van der Waals surface area contributed by atoms with E-state index in [1.54, 1.807) is 12.1 Å². The Labute approximate surface area is 110 Å². The molecule has 0 bridgehead atoms. The van der Waals surface area contributed by atoms with Gasteiger partial charge in [0.05, 0.1) is 11.0 Å². The molecular weight excluding hydrogens is 252 g/mol. The third-order valence-electron chi connectivity index (χ3n) is 3.02. The Balaban J connectivity index is 1.87. The predicted molar refractivity (Wildman–Crippen MR) is 71.8 cm³/mol. The highest BCUT2D eigenvalue weighted by atomic mass is 32.2. The molecule has 5 nitrogen and oxygen atoms in total. The third-order valence-corrected chi connectivity index (χ3v) is 4.18. The molecule has 2 rings (SSSR count). The standard InChI is InChI=1S/C12H16N2O3S/c15-12(7-13-10-5-6-18-8-10)9-1-3-11(4-2-9)14(16)17/h1-4,10,12-13,15H,5-8H2. The summed E-state index contributed by atoms with van der Waals surface area (Å²) in [6, 6.07) is 6.53. The van der Waals surface area contributed by atoms with Gasteiger partial charge in [-0.1, -0.05) is 0 Å². The Hall–Kier alpha value is -1.11. The van der Waals surface area contributed by atoms with Gasteiger partial charge in [-0.2, -0.15) is 11.8 Å². The van der Waals surface area contributed by atoms with E-state index in [4.69, 9.17) is 0 Å². The smallest absolute Gasteiger partial charge is 0.269 e. The second kappa shape index (κ2) is 6.17. The summed E-state index contributed by atoms with van der Waals surface area (Å²) in [6.07, 6.45) is 0.522. The molecule has 0 aromatic heterocycles. The fraction of sp³-hybridized carbons (Fsp3) is 0.500. The van der Waals surface area contributed by atoms with Gasteiger partial charge in [0.1, 0.15) is 0 Å². The van der Waals surface area contributed by atoms with Crippen LogP contribution in [-0.4, -0.2) is 34.1 Å². The molecule has 0 aliphatic carbocycles. The number of hydrogen-bond acceptors (Lipinski definition) is 5. The Bertz CT molecular complexity index is 404. The zero-order valence-corrected chi connectivity index (χ0v) is 10.7. The Morgan fingerprint density at radius 2 is 2.22 bits per heavy atom. The molecule has 1 fully saturated rings. The summed E-state index contributed by atoms with van der Waals surface area (Å²) in [5, 5.41) is 23.8. The number of non-ortho nitro benzene ring substituents is 1. The normalized spacial score (nSPS) is 20.8. The van der Waals surface area contributed by atoms with Gasteiger partial charge in [-0.15, -0.1) is 0 Å². The Morgan fingerprint density at radius 3 is 2.78 bits per heavy atom. The summed E-state index contributed by atoms with van der Waals surface area (Å²) in [6.45, 7) is 0.489. The summed E-state index contributed by atoms with van der Waals surface area (Å²) in [4.78, 5) is 10.1. The van der Waals surface area contributed by atoms with Crippen LogP contribution >= 0.6 is 11.8 Å². The number of rotatable bonds is 5. The molecule has 2 N–H and O–H groups in total. The first-order valence-electron chi connectivity index (χ1n) is 5.90. The summed E-state index contributed by atoms with van der Waals surface area (Å²) >= 11 is 1.92. The first-order chi connectivity index (χ1) is 8.66. The molecule has 6 heteroatoms. The highest BCUT2D eigenvalue weighted by Crippen LogP contribution is 2.20. The second-order valence-electron chi connectivity index (χ2n) is 4.33. The van der Waals surface area contributed by atoms with E-state index in [0.29, 0.717) is 18.2 Å². The van der Waals surface area contributed by atoms with E-state index in [2.05, 4.69) is 5.32 Å². The molecule has 98 valence electrons. The summed E-state index contributed by atoms with van der Waals surface area (Å²) in [5.74, 6) is 2.26. The Kier molecular flexibility index (Phi) is 4.57. The van der Waals surface area contributed by atoms with Crippen LogP contribution in [0.1, 0.15) is 18.1 Å². The van der Waals surface area contributed by atoms with Gasteiger partial charge < -0.3 is 10.4 Å². The first-order valence-corrected chi connectivity index (χ1v) is 7.06. The van der Waals surface area contributed by atoms with Crippen LogP contribution in [0.4, 0.5) is 5.69 Å². The number of nitrogens with one attached hydrogen (secondary N) is 1. The maximum absolute atomic E-state index is 10.5. The summed E-state index contributed by atoms with van der Waals surface area (Å²) in [5.41, 5.74) is 0.754. The quantitative estimate of drug-likeness (QED) is 0.628. The number of aliphatic hydroxyl groups is 1. The fourth-order valence-electron chi connectivity index (χ4n) is 1.91. The van der Waals surface area contributed by atoms with Crippen LogP contribution in [0.3, 0.4) is 0 Å². The van der Waals surface area contributed by atoms with E-state index in [0.717, 1.165) is 12.2 Å². The average molecular weight is 268 g/mol. The van der Waals surface area contributed by atoms with E-state index in [1.807, 2.05) is 11.8 Å². The van der Waals surface area contributed by atoms with Crippen molar-refractivity contribution in [1.82, 2.24) is 5.32 Å². The number of nitrogens with zero attached hydrogens (tertiary/aromatic N) is 1. The van der Waals surface area contributed by atoms with Crippen molar-refractivity contribution in [2.24, 2.45) is 0 Å². The van der Waals surface area contributed by atoms with E-state index < -0.39 is 11.0 Å². The molecule has 1 aliphatic heterocycles. The highest BCUT2D eigenvalue weighted by molar-refractivity contribution is 7.99. The van der Waals surface area contributed by atoms with E-state index in [-0.39, 0.29) is 5.69 Å². The van der Waals surface area contributed by atoms with E-state index >= 15 is 0 Å². The van der Waals surface area contributed by atoms with Crippen LogP contribution in [0.5, 0.6) is 0 Å². The van der Waals surface area contributed by atoms with Crippen LogP contribution in [0.15, 0.2) is 24.3 Å². The molecule has 0 spiro atoms. The lowest BCUT2D eigenvalue weighted by atomic mass is 10.1. The molecule has 0 saturated carbocycles. The van der Waals surface area contributed by atoms with Crippen molar-refractivity contribution in [2.75, 3.05) is 18.1 Å². The highest BCUT2D eigenvalue weighted by Gasteiger charge is 2.17. The van der Waals surface area contributed by atoms with Gasteiger partial charge in [-0.25, -0.2) is 0 Å². The molecule has 1 heterocycles. The molecule has 2 unspecified atom stereocenters. The van der Waals surface area contributed by atoms with Gasteiger partial charge in [-0.3, -0.25) is 10.1 Å². The minimum absolute atomic E-state index is 0.0473. The minimum Gasteiger partial charge on any atom is -0.387 e. The van der Waals surface area contributed by atoms with Crippen molar-refractivity contribution in [3.8, 4) is 0 Å². The van der Waals surface area contributed by atoms with Gasteiger partial charge in [0, 0.05) is 30.5 Å². The van der Waals surface area contributed by atoms with Crippen LogP contribution < -0.4 is 5.32 Å². The van der Waals surface area contributed by atoms with Crippen molar-refractivity contribution >= 4 is 17.4 Å². The van der Waals surface area contributed by atoms with Crippen LogP contribution in [0.2, 0.25) is 0 Å². The topological polar surface area (TPSA) is 75.4 Å². The number of nitro benzene ring substituents is 1. The Morgan fingerprint density at radius 1 is 1.50 bits per heavy atom. The third kappa shape index (κ3) is 3.44. The summed E-state index contributed by atoms with van der Waals surface area (Å²) < 4.78 is 0. The van der Waals surface area contributed by atoms with Gasteiger partial charge in [0.25, 0.3) is 5.69 Å². The van der Waals surface area contributed by atoms with Crippen LogP contribution in [0.25, 0.3) is 0 Å². The SMILES string of the molecule is O=[N+]([O-])c1ccc(C(O)CNC2CCSC2)cc1. The molecule has 1 aromatic carbocycles. The first kappa shape index (κ1) is 13.3. The maximum Gasteiger partial charge on any atom is 0.269 e. The molecule has 1 aromatic rings. The number of benzene rings is 1. The minimum atomic E-state index is -0.614. The molecule has 0 radical (unpaired) electrons. The summed E-state index contributed by atoms with van der Waals surface area (Å²) in [7, 11) is 0. The van der Waals surface area contributed by atoms with Crippen molar-refractivity contribution in [3.05, 3.63) is 39.9 Å². The zero-order chi connectivity index (χ0) is 13.0. The number of aliphatic hydroxyl groups excluding tert-OH is 1. The van der Waals surface area contributed by atoms with Gasteiger partial charge >= 0.3 is 0 Å². The van der Waals surface area contributed by atoms with Gasteiger partial charge in [0.2, 0.25) is 0 Å². The van der Waals surface area contributed by atoms with Crippen LogP contribution in [0, 0.1) is 10.1 Å². The molecule has 2 atom stereocenters. The molecule has 18 heavy (non-hydrogen) atoms. The largest absolute Gasteiger partial charge is 0.387 e. The molecule has 1 aliphatic rings. The van der Waals surface area contributed by atoms with Crippen molar-refractivity contribution in [3.63, 3.8) is 0 Å². The van der Waals surface area contributed by atoms with E-state index in [1.165, 1.54) is 17.9 Å². The molecular formula is C12H16N2O3S. The van der Waals surface area contributed by atoms with Gasteiger partial charge in [-0.05, 0) is 29.9 Å². The molecule has 1 saturated heterocycles. The number of nitro groups is 1. The lowest BCUT2D eigenvalue weighted by Crippen LogP contribution is -2.32. The number of hydrogen-bond donors (Lipinski definition) is 2. The fourth-order valence-corrected chi connectivity index (χ4v) is 3.10.